The van der Waals surface area contributed by atoms with Gasteiger partial charge in [0.15, 0.2) is 0 Å². The summed E-state index contributed by atoms with van der Waals surface area (Å²) in [5.41, 5.74) is -3.76. The van der Waals surface area contributed by atoms with Crippen LogP contribution in [0.2, 0.25) is 0 Å². The van der Waals surface area contributed by atoms with Crippen LogP contribution in [0, 0.1) is 25.5 Å². The van der Waals surface area contributed by atoms with Gasteiger partial charge in [-0.2, -0.15) is 8.78 Å². The van der Waals surface area contributed by atoms with Crippen LogP contribution in [0.25, 0.3) is 0 Å². The van der Waals surface area contributed by atoms with Crippen molar-refractivity contribution in [1.29, 1.82) is 0 Å². The van der Waals surface area contributed by atoms with Gasteiger partial charge in [-0.05, 0) is 49.2 Å². The van der Waals surface area contributed by atoms with E-state index in [4.69, 9.17) is 11.6 Å². The first kappa shape index (κ1) is 22.4. The second-order valence-corrected chi connectivity index (χ2v) is 6.29. The van der Waals surface area contributed by atoms with Crippen LogP contribution in [0.5, 0.6) is 5.75 Å². The van der Waals surface area contributed by atoms with E-state index in [0.717, 1.165) is 18.2 Å². The topological polar surface area (TPSA) is 67.4 Å². The number of amides is 3. The van der Waals surface area contributed by atoms with Gasteiger partial charge in [-0.3, -0.25) is 10.1 Å². The molecule has 0 fully saturated rings. The number of hydrogen-bond acceptors (Lipinski definition) is 3. The number of urea groups is 1. The van der Waals surface area contributed by atoms with Gasteiger partial charge >= 0.3 is 12.1 Å². The Kier molecular flexibility index (Phi) is 6.68. The molecule has 0 saturated heterocycles. The number of ether oxygens (including phenoxy) is 1. The average molecular weight is 437 g/mol. The van der Waals surface area contributed by atoms with E-state index in [1.807, 2.05) is 0 Å². The van der Waals surface area contributed by atoms with Crippen molar-refractivity contribution >= 4 is 29.2 Å². The summed E-state index contributed by atoms with van der Waals surface area (Å²) in [5.74, 6) is -3.99. The first-order chi connectivity index (χ1) is 13.4. The molecule has 0 bridgehead atoms. The van der Waals surface area contributed by atoms with Crippen molar-refractivity contribution in [2.45, 2.75) is 25.6 Å². The third-order valence-electron chi connectivity index (χ3n) is 3.63. The highest BCUT2D eigenvalue weighted by Gasteiger charge is 2.42. The molecule has 1 unspecified atom stereocenters. The van der Waals surface area contributed by atoms with Crippen LogP contribution in [-0.2, 0) is 0 Å². The maximum atomic E-state index is 13.6. The van der Waals surface area contributed by atoms with Crippen LogP contribution in [0.1, 0.15) is 21.5 Å². The first-order valence-corrected chi connectivity index (χ1v) is 8.38. The zero-order chi connectivity index (χ0) is 21.9. The van der Waals surface area contributed by atoms with Crippen LogP contribution in [0.4, 0.5) is 32.4 Å². The fourth-order valence-corrected chi connectivity index (χ4v) is 2.45. The highest BCUT2D eigenvalue weighted by atomic mass is 35.5. The second-order valence-electron chi connectivity index (χ2n) is 5.91. The normalized spacial score (nSPS) is 12.3. The third-order valence-corrected chi connectivity index (χ3v) is 3.88. The number of anilines is 1. The zero-order valence-corrected chi connectivity index (χ0v) is 15.7. The first-order valence-electron chi connectivity index (χ1n) is 7.95. The predicted octanol–water partition coefficient (Wildman–Crippen LogP) is 5.05. The average Bonchev–Trinajstić information content (AvgIpc) is 2.57. The summed E-state index contributed by atoms with van der Waals surface area (Å²) in [6.45, 7) is 2.70. The number of aryl methyl sites for hydroxylation is 2. The van der Waals surface area contributed by atoms with Gasteiger partial charge in [-0.25, -0.2) is 18.0 Å². The fraction of sp³-hybridized carbons (Fsp3) is 0.222. The summed E-state index contributed by atoms with van der Waals surface area (Å²) >= 11 is 4.75. The minimum Gasteiger partial charge on any atom is -0.429 e. The van der Waals surface area contributed by atoms with Crippen molar-refractivity contribution in [2.75, 3.05) is 5.32 Å². The van der Waals surface area contributed by atoms with Gasteiger partial charge in [-0.1, -0.05) is 17.7 Å². The van der Waals surface area contributed by atoms with E-state index in [-0.39, 0.29) is 22.6 Å². The Morgan fingerprint density at radius 3 is 2.10 bits per heavy atom. The Balaban J connectivity index is 2.14. The molecule has 29 heavy (non-hydrogen) atoms. The molecule has 0 aliphatic heterocycles. The monoisotopic (exact) mass is 436 g/mol. The van der Waals surface area contributed by atoms with Gasteiger partial charge < -0.3 is 10.1 Å². The van der Waals surface area contributed by atoms with Crippen LogP contribution in [-0.4, -0.2) is 23.7 Å². The molecule has 2 aromatic rings. The molecule has 2 rings (SSSR count). The van der Waals surface area contributed by atoms with Crippen molar-refractivity contribution < 1.29 is 36.3 Å². The summed E-state index contributed by atoms with van der Waals surface area (Å²) in [7, 11) is 0. The lowest BCUT2D eigenvalue weighted by molar-refractivity contribution is -0.199. The molecule has 5 nitrogen and oxygen atoms in total. The lowest BCUT2D eigenvalue weighted by Gasteiger charge is -2.21. The Morgan fingerprint density at radius 1 is 1.10 bits per heavy atom. The van der Waals surface area contributed by atoms with Gasteiger partial charge in [-0.15, -0.1) is 0 Å². The quantitative estimate of drug-likeness (QED) is 0.509. The van der Waals surface area contributed by atoms with E-state index in [1.54, 1.807) is 5.32 Å². The molecule has 3 amide bonds. The van der Waals surface area contributed by atoms with Crippen LogP contribution in [0.3, 0.4) is 0 Å². The summed E-state index contributed by atoms with van der Waals surface area (Å²) in [6, 6.07) is 4.02. The Bertz CT molecular complexity index is 910. The maximum Gasteiger partial charge on any atom is 0.444 e. The summed E-state index contributed by atoms with van der Waals surface area (Å²) < 4.78 is 70.9. The van der Waals surface area contributed by atoms with Crippen molar-refractivity contribution in [1.82, 2.24) is 5.32 Å². The van der Waals surface area contributed by atoms with E-state index in [1.165, 1.54) is 26.0 Å². The minimum atomic E-state index is -4.28. The highest BCUT2D eigenvalue weighted by molar-refractivity contribution is 6.20. The molecule has 0 aliphatic carbocycles. The summed E-state index contributed by atoms with van der Waals surface area (Å²) in [4.78, 5) is 23.8. The fourth-order valence-electron chi connectivity index (χ4n) is 2.41. The SMILES string of the molecule is Cc1cc(NC(=O)NC(=O)c2c(F)cccc2F)cc(C)c1OC(F)(F)C(F)Cl. The van der Waals surface area contributed by atoms with Gasteiger partial charge in [0.25, 0.3) is 11.5 Å². The summed E-state index contributed by atoms with van der Waals surface area (Å²) in [5, 5.41) is 3.96. The highest BCUT2D eigenvalue weighted by Crippen LogP contribution is 2.34. The largest absolute Gasteiger partial charge is 0.444 e. The number of alkyl halides is 4. The molecule has 0 radical (unpaired) electrons. The van der Waals surface area contributed by atoms with E-state index >= 15 is 0 Å². The Hall–Kier alpha value is -2.88. The molecule has 0 heterocycles. The zero-order valence-electron chi connectivity index (χ0n) is 15.0. The van der Waals surface area contributed by atoms with Gasteiger partial charge in [0.05, 0.1) is 0 Å². The summed E-state index contributed by atoms with van der Waals surface area (Å²) in [6.07, 6.45) is -4.28. The van der Waals surface area contributed by atoms with Gasteiger partial charge in [0.2, 0.25) is 0 Å². The van der Waals surface area contributed by atoms with Crippen molar-refractivity contribution in [3.8, 4) is 5.75 Å². The Labute approximate surface area is 166 Å². The molecule has 2 N–H and O–H groups in total. The van der Waals surface area contributed by atoms with Crippen molar-refractivity contribution in [3.05, 3.63) is 58.7 Å². The van der Waals surface area contributed by atoms with Crippen molar-refractivity contribution in [3.63, 3.8) is 0 Å². The molecule has 156 valence electrons. The molecule has 1 atom stereocenters. The number of rotatable bonds is 5. The molecule has 11 heteroatoms. The minimum absolute atomic E-state index is 0.0534. The van der Waals surface area contributed by atoms with Gasteiger partial charge in [0, 0.05) is 5.69 Å². The molecule has 0 spiro atoms. The molecular weight excluding hydrogens is 423 g/mol. The van der Waals surface area contributed by atoms with E-state index < -0.39 is 40.9 Å². The molecule has 0 aliphatic rings. The number of benzene rings is 2. The lowest BCUT2D eigenvalue weighted by Crippen LogP contribution is -2.35. The smallest absolute Gasteiger partial charge is 0.429 e. The van der Waals surface area contributed by atoms with E-state index in [2.05, 4.69) is 10.1 Å². The molecule has 0 aromatic heterocycles. The number of carbonyl (C=O) groups is 2. The Morgan fingerprint density at radius 2 is 1.62 bits per heavy atom. The van der Waals surface area contributed by atoms with Crippen LogP contribution in [0.15, 0.2) is 30.3 Å². The third kappa shape index (κ3) is 5.35. The van der Waals surface area contributed by atoms with Crippen LogP contribution >= 0.6 is 11.6 Å². The predicted molar refractivity (Wildman–Crippen MR) is 95.1 cm³/mol. The molecular formula is C18H14ClF5N2O3. The van der Waals surface area contributed by atoms with E-state index in [0.29, 0.717) is 0 Å². The molecule has 2 aromatic carbocycles. The lowest BCUT2D eigenvalue weighted by atomic mass is 10.1. The number of imide groups is 1. The standard InChI is InChI=1S/C18H14ClF5N2O3/c1-8-6-10(7-9(2)14(8)29-18(23,24)16(19)22)25-17(28)26-15(27)13-11(20)4-3-5-12(13)21/h3-7,16H,1-2H3,(H2,25,26,27,28). The van der Waals surface area contributed by atoms with Crippen molar-refractivity contribution in [2.24, 2.45) is 0 Å². The van der Waals surface area contributed by atoms with Gasteiger partial charge in [0.1, 0.15) is 22.9 Å². The van der Waals surface area contributed by atoms with E-state index in [9.17, 15) is 31.5 Å². The molecule has 0 saturated carbocycles. The van der Waals surface area contributed by atoms with Crippen LogP contribution < -0.4 is 15.4 Å². The number of nitrogens with one attached hydrogen (secondary N) is 2. The number of carbonyl (C=O) groups excluding carboxylic acids is 2. The number of halogens is 6. The second kappa shape index (κ2) is 8.64. The maximum absolute atomic E-state index is 13.6. The number of hydrogen-bond donors (Lipinski definition) is 2.